The summed E-state index contributed by atoms with van der Waals surface area (Å²) in [7, 11) is 0. The first-order valence-corrected chi connectivity index (χ1v) is 4.58. The smallest absolute Gasteiger partial charge is 0.258 e. The van der Waals surface area contributed by atoms with E-state index in [-0.39, 0.29) is 0 Å². The van der Waals surface area contributed by atoms with Gasteiger partial charge in [-0.15, -0.1) is 0 Å². The summed E-state index contributed by atoms with van der Waals surface area (Å²) in [5.74, 6) is 0. The number of nitriles is 1. The van der Waals surface area contributed by atoms with Gasteiger partial charge in [-0.1, -0.05) is 0 Å². The van der Waals surface area contributed by atoms with Gasteiger partial charge in [0.05, 0.1) is 17.4 Å². The molecule has 0 fully saturated rings. The molecule has 0 unspecified atom stereocenters. The monoisotopic (exact) mass is 281 g/mol. The van der Waals surface area contributed by atoms with E-state index in [4.69, 9.17) is 5.26 Å². The minimum atomic E-state index is -5.24. The predicted molar refractivity (Wildman–Crippen MR) is 50.2 cm³/mol. The lowest BCUT2D eigenvalue weighted by molar-refractivity contribution is -0.390. The van der Waals surface area contributed by atoms with Crippen molar-refractivity contribution < 1.29 is 26.9 Å². The van der Waals surface area contributed by atoms with Crippen LogP contribution >= 0.6 is 0 Å². The van der Waals surface area contributed by atoms with E-state index >= 15 is 0 Å². The molecule has 19 heavy (non-hydrogen) atoms. The van der Waals surface area contributed by atoms with Crippen molar-refractivity contribution in [2.75, 3.05) is 0 Å². The second-order valence-electron chi connectivity index (χ2n) is 3.28. The highest BCUT2D eigenvalue weighted by atomic mass is 19.4. The fourth-order valence-electron chi connectivity index (χ4n) is 1.41. The topological polar surface area (TPSA) is 79.8 Å². The van der Waals surface area contributed by atoms with Gasteiger partial charge in [0.1, 0.15) is 5.56 Å². The van der Waals surface area contributed by atoms with Crippen molar-refractivity contribution in [1.29, 1.82) is 5.26 Å². The Morgan fingerprint density at radius 1 is 1.47 bits per heavy atom. The SMILES string of the molecule is N#CCc1cnc(C(F)(F)F)c([N+](=O)[O-])c1C(F)F. The normalized spacial score (nSPS) is 11.4. The lowest BCUT2D eigenvalue weighted by Crippen LogP contribution is -2.15. The summed E-state index contributed by atoms with van der Waals surface area (Å²) in [4.78, 5) is 11.8. The summed E-state index contributed by atoms with van der Waals surface area (Å²) in [5.41, 5.74) is -5.84. The van der Waals surface area contributed by atoms with Crippen LogP contribution in [0.2, 0.25) is 0 Å². The molecule has 1 aromatic rings. The highest BCUT2D eigenvalue weighted by molar-refractivity contribution is 5.50. The minimum Gasteiger partial charge on any atom is -0.258 e. The quantitative estimate of drug-likeness (QED) is 0.484. The van der Waals surface area contributed by atoms with Gasteiger partial charge in [0.2, 0.25) is 5.69 Å². The van der Waals surface area contributed by atoms with Gasteiger partial charge in [-0.3, -0.25) is 10.1 Å². The highest BCUT2D eigenvalue weighted by Crippen LogP contribution is 2.41. The molecule has 0 aliphatic carbocycles. The maximum Gasteiger partial charge on any atom is 0.440 e. The molecule has 0 aliphatic rings. The number of halogens is 5. The third kappa shape index (κ3) is 2.93. The lowest BCUT2D eigenvalue weighted by atomic mass is 10.0. The molecule has 0 bridgehead atoms. The molecule has 0 aliphatic heterocycles. The molecule has 0 saturated heterocycles. The van der Waals surface area contributed by atoms with Crippen LogP contribution in [0.15, 0.2) is 6.20 Å². The first kappa shape index (κ1) is 14.7. The minimum absolute atomic E-state index is 0.403. The number of aromatic nitrogens is 1. The summed E-state index contributed by atoms with van der Waals surface area (Å²) in [5, 5.41) is 19.0. The van der Waals surface area contributed by atoms with Crippen LogP contribution in [0, 0.1) is 21.4 Å². The molecule has 1 heterocycles. The van der Waals surface area contributed by atoms with E-state index in [1.54, 1.807) is 0 Å². The molecule has 1 rings (SSSR count). The van der Waals surface area contributed by atoms with E-state index in [9.17, 15) is 32.1 Å². The van der Waals surface area contributed by atoms with E-state index in [1.165, 1.54) is 6.07 Å². The van der Waals surface area contributed by atoms with Crippen molar-refractivity contribution in [3.63, 3.8) is 0 Å². The lowest BCUT2D eigenvalue weighted by Gasteiger charge is -2.11. The zero-order chi connectivity index (χ0) is 14.8. The van der Waals surface area contributed by atoms with Crippen molar-refractivity contribution in [2.24, 2.45) is 0 Å². The fourth-order valence-corrected chi connectivity index (χ4v) is 1.41. The van der Waals surface area contributed by atoms with E-state index in [1.807, 2.05) is 0 Å². The Bertz CT molecular complexity index is 550. The van der Waals surface area contributed by atoms with Crippen LogP contribution in [0.1, 0.15) is 23.2 Å². The molecule has 0 amide bonds. The van der Waals surface area contributed by atoms with Gasteiger partial charge in [0.25, 0.3) is 6.43 Å². The number of hydrogen-bond donors (Lipinski definition) is 0. The van der Waals surface area contributed by atoms with Crippen LogP contribution < -0.4 is 0 Å². The van der Waals surface area contributed by atoms with E-state index in [0.717, 1.165) is 0 Å². The molecule has 102 valence electrons. The molecule has 0 spiro atoms. The van der Waals surface area contributed by atoms with E-state index < -0.39 is 46.5 Å². The van der Waals surface area contributed by atoms with Gasteiger partial charge in [-0.05, 0) is 0 Å². The molecule has 0 radical (unpaired) electrons. The number of nitro groups is 1. The number of pyridine rings is 1. The second-order valence-corrected chi connectivity index (χ2v) is 3.28. The number of nitrogens with zero attached hydrogens (tertiary/aromatic N) is 3. The van der Waals surface area contributed by atoms with Crippen molar-refractivity contribution >= 4 is 5.69 Å². The van der Waals surface area contributed by atoms with Gasteiger partial charge in [0, 0.05) is 11.8 Å². The predicted octanol–water partition coefficient (Wildman–Crippen LogP) is 3.01. The molecular formula is C9H4F5N3O2. The van der Waals surface area contributed by atoms with Gasteiger partial charge in [0.15, 0.2) is 0 Å². The van der Waals surface area contributed by atoms with Crippen LogP contribution in [-0.2, 0) is 12.6 Å². The van der Waals surface area contributed by atoms with Crippen molar-refractivity contribution in [3.8, 4) is 6.07 Å². The molecule has 10 heteroatoms. The highest BCUT2D eigenvalue weighted by Gasteiger charge is 2.44. The van der Waals surface area contributed by atoms with Gasteiger partial charge in [-0.2, -0.15) is 18.4 Å². The maximum atomic E-state index is 12.7. The van der Waals surface area contributed by atoms with Crippen molar-refractivity contribution in [1.82, 2.24) is 4.98 Å². The fraction of sp³-hybridized carbons (Fsp3) is 0.333. The summed E-state index contributed by atoms with van der Waals surface area (Å²) >= 11 is 0. The Labute approximate surface area is 102 Å². The molecule has 0 saturated carbocycles. The third-order valence-corrected chi connectivity index (χ3v) is 2.11. The zero-order valence-electron chi connectivity index (χ0n) is 8.91. The number of alkyl halides is 5. The summed E-state index contributed by atoms with van der Waals surface area (Å²) in [6.45, 7) is 0. The Hall–Kier alpha value is -2.31. The van der Waals surface area contributed by atoms with E-state index in [2.05, 4.69) is 4.98 Å². The first-order chi connectivity index (χ1) is 8.70. The van der Waals surface area contributed by atoms with Crippen molar-refractivity contribution in [2.45, 2.75) is 19.0 Å². The molecular weight excluding hydrogens is 277 g/mol. The van der Waals surface area contributed by atoms with E-state index in [0.29, 0.717) is 6.20 Å². The largest absolute Gasteiger partial charge is 0.440 e. The van der Waals surface area contributed by atoms with Gasteiger partial charge < -0.3 is 0 Å². The van der Waals surface area contributed by atoms with Gasteiger partial charge in [-0.25, -0.2) is 13.8 Å². The average Bonchev–Trinajstić information content (AvgIpc) is 2.26. The molecule has 1 aromatic heterocycles. The van der Waals surface area contributed by atoms with Crippen LogP contribution in [0.4, 0.5) is 27.6 Å². The average molecular weight is 281 g/mol. The molecule has 5 nitrogen and oxygen atoms in total. The van der Waals surface area contributed by atoms with Crippen LogP contribution in [0.25, 0.3) is 0 Å². The second kappa shape index (κ2) is 5.13. The first-order valence-electron chi connectivity index (χ1n) is 4.58. The molecule has 0 N–H and O–H groups in total. The summed E-state index contributed by atoms with van der Waals surface area (Å²) in [6, 6.07) is 1.43. The maximum absolute atomic E-state index is 12.7. The zero-order valence-corrected chi connectivity index (χ0v) is 8.91. The molecule has 0 atom stereocenters. The standard InChI is InChI=1S/C9H4F5N3O2/c10-8(11)5-4(1-2-15)3-16-7(9(12,13)14)6(5)17(18)19/h3,8H,1H2. The Morgan fingerprint density at radius 3 is 2.42 bits per heavy atom. The van der Waals surface area contributed by atoms with Crippen LogP contribution in [0.5, 0.6) is 0 Å². The van der Waals surface area contributed by atoms with Crippen LogP contribution in [0.3, 0.4) is 0 Å². The Morgan fingerprint density at radius 2 is 2.05 bits per heavy atom. The van der Waals surface area contributed by atoms with Crippen molar-refractivity contribution in [3.05, 3.63) is 33.1 Å². The Kier molecular flexibility index (Phi) is 3.98. The summed E-state index contributed by atoms with van der Waals surface area (Å²) in [6.07, 6.45) is -9.06. The van der Waals surface area contributed by atoms with Gasteiger partial charge >= 0.3 is 11.9 Å². The Balaban J connectivity index is 3.70. The third-order valence-electron chi connectivity index (χ3n) is 2.11. The molecule has 0 aromatic carbocycles. The number of rotatable bonds is 3. The van der Waals surface area contributed by atoms with Crippen LogP contribution in [-0.4, -0.2) is 9.91 Å². The summed E-state index contributed by atoms with van der Waals surface area (Å²) < 4.78 is 62.9. The number of hydrogen-bond acceptors (Lipinski definition) is 4.